The van der Waals surface area contributed by atoms with E-state index >= 15 is 0 Å². The molecule has 25 heavy (non-hydrogen) atoms. The molecule has 1 atom stereocenters. The van der Waals surface area contributed by atoms with Gasteiger partial charge in [-0.3, -0.25) is 14.5 Å². The van der Waals surface area contributed by atoms with Gasteiger partial charge in [0.2, 0.25) is 5.91 Å². The number of hydrogen-bond donors (Lipinski definition) is 2. The summed E-state index contributed by atoms with van der Waals surface area (Å²) in [6, 6.07) is 7.60. The number of aromatic nitrogens is 1. The predicted molar refractivity (Wildman–Crippen MR) is 97.8 cm³/mol. The molecule has 3 rings (SSSR count). The van der Waals surface area contributed by atoms with E-state index in [4.69, 9.17) is 4.74 Å². The van der Waals surface area contributed by atoms with Crippen LogP contribution in [0.3, 0.4) is 0 Å². The van der Waals surface area contributed by atoms with Gasteiger partial charge < -0.3 is 15.0 Å². The SMILES string of the molecule is CCNC(=O)[C@@H]1CCN(Cc2cc3cc(OCC)ccc3[nH]c2=O)C1. The van der Waals surface area contributed by atoms with Crippen LogP contribution < -0.4 is 15.6 Å². The van der Waals surface area contributed by atoms with E-state index in [1.54, 1.807) is 0 Å². The summed E-state index contributed by atoms with van der Waals surface area (Å²) in [5, 5.41) is 3.84. The molecule has 1 saturated heterocycles. The number of fused-ring (bicyclic) bond motifs is 1. The lowest BCUT2D eigenvalue weighted by Gasteiger charge is -2.16. The van der Waals surface area contributed by atoms with Gasteiger partial charge in [-0.2, -0.15) is 0 Å². The minimum Gasteiger partial charge on any atom is -0.494 e. The van der Waals surface area contributed by atoms with Crippen LogP contribution in [0.1, 0.15) is 25.8 Å². The smallest absolute Gasteiger partial charge is 0.252 e. The quantitative estimate of drug-likeness (QED) is 0.840. The molecule has 1 aromatic carbocycles. The van der Waals surface area contributed by atoms with E-state index in [1.807, 2.05) is 38.1 Å². The van der Waals surface area contributed by atoms with Crippen molar-refractivity contribution >= 4 is 16.8 Å². The summed E-state index contributed by atoms with van der Waals surface area (Å²) in [5.74, 6) is 0.924. The monoisotopic (exact) mass is 343 g/mol. The lowest BCUT2D eigenvalue weighted by Crippen LogP contribution is -2.33. The minimum absolute atomic E-state index is 0.0176. The fraction of sp³-hybridized carbons (Fsp3) is 0.474. The number of H-pyrrole nitrogens is 1. The summed E-state index contributed by atoms with van der Waals surface area (Å²) >= 11 is 0. The largest absolute Gasteiger partial charge is 0.494 e. The number of pyridine rings is 1. The highest BCUT2D eigenvalue weighted by molar-refractivity contribution is 5.80. The lowest BCUT2D eigenvalue weighted by atomic mass is 10.1. The van der Waals surface area contributed by atoms with Gasteiger partial charge in [0.1, 0.15) is 5.75 Å². The number of carbonyl (C=O) groups excluding carboxylic acids is 1. The van der Waals surface area contributed by atoms with Crippen LogP contribution in [0.15, 0.2) is 29.1 Å². The first-order chi connectivity index (χ1) is 12.1. The Labute approximate surface area is 147 Å². The van der Waals surface area contributed by atoms with Gasteiger partial charge in [0.25, 0.3) is 5.56 Å². The third kappa shape index (κ3) is 4.02. The number of amides is 1. The zero-order chi connectivity index (χ0) is 17.8. The molecule has 0 aliphatic carbocycles. The van der Waals surface area contributed by atoms with Gasteiger partial charge in [-0.25, -0.2) is 0 Å². The van der Waals surface area contributed by atoms with Crippen molar-refractivity contribution in [1.29, 1.82) is 0 Å². The van der Waals surface area contributed by atoms with Crippen LogP contribution in [-0.4, -0.2) is 42.0 Å². The molecule has 2 aromatic rings. The number of ether oxygens (including phenoxy) is 1. The van der Waals surface area contributed by atoms with E-state index < -0.39 is 0 Å². The molecule has 0 bridgehead atoms. The number of likely N-dealkylation sites (tertiary alicyclic amines) is 1. The van der Waals surface area contributed by atoms with Crippen LogP contribution in [0.5, 0.6) is 5.75 Å². The summed E-state index contributed by atoms with van der Waals surface area (Å²) < 4.78 is 5.53. The number of benzene rings is 1. The molecule has 1 amide bonds. The van der Waals surface area contributed by atoms with Gasteiger partial charge in [-0.15, -0.1) is 0 Å². The topological polar surface area (TPSA) is 74.4 Å². The maximum atomic E-state index is 12.4. The first-order valence-corrected chi connectivity index (χ1v) is 8.89. The van der Waals surface area contributed by atoms with Gasteiger partial charge in [0, 0.05) is 36.1 Å². The van der Waals surface area contributed by atoms with Gasteiger partial charge >= 0.3 is 0 Å². The molecule has 1 fully saturated rings. The van der Waals surface area contributed by atoms with Crippen LogP contribution in [0.4, 0.5) is 0 Å². The molecular formula is C19H25N3O3. The first-order valence-electron chi connectivity index (χ1n) is 8.89. The fourth-order valence-electron chi connectivity index (χ4n) is 3.35. The second-order valence-corrected chi connectivity index (χ2v) is 6.42. The number of aromatic amines is 1. The average Bonchev–Trinajstić information content (AvgIpc) is 3.05. The third-order valence-corrected chi connectivity index (χ3v) is 4.59. The Hall–Kier alpha value is -2.34. The van der Waals surface area contributed by atoms with E-state index in [9.17, 15) is 9.59 Å². The van der Waals surface area contributed by atoms with Crippen molar-refractivity contribution in [3.8, 4) is 5.75 Å². The molecule has 0 spiro atoms. The van der Waals surface area contributed by atoms with Crippen molar-refractivity contribution in [2.24, 2.45) is 5.92 Å². The van der Waals surface area contributed by atoms with Crippen LogP contribution in [0, 0.1) is 5.92 Å². The Balaban J connectivity index is 1.76. The molecule has 1 aliphatic heterocycles. The van der Waals surface area contributed by atoms with Gasteiger partial charge in [0.05, 0.1) is 12.5 Å². The van der Waals surface area contributed by atoms with Gasteiger partial charge in [-0.1, -0.05) is 0 Å². The maximum Gasteiger partial charge on any atom is 0.252 e. The number of nitrogens with one attached hydrogen (secondary N) is 2. The molecule has 6 nitrogen and oxygen atoms in total. The van der Waals surface area contributed by atoms with E-state index in [-0.39, 0.29) is 17.4 Å². The molecule has 0 unspecified atom stereocenters. The van der Waals surface area contributed by atoms with Crippen LogP contribution in [-0.2, 0) is 11.3 Å². The van der Waals surface area contributed by atoms with Gasteiger partial charge in [0.15, 0.2) is 0 Å². The minimum atomic E-state index is -0.0712. The summed E-state index contributed by atoms with van der Waals surface area (Å²) in [6.45, 7) is 7.22. The second-order valence-electron chi connectivity index (χ2n) is 6.42. The van der Waals surface area contributed by atoms with Crippen LogP contribution in [0.25, 0.3) is 10.9 Å². The Bertz CT molecular complexity index is 815. The normalized spacial score (nSPS) is 17.8. The zero-order valence-corrected chi connectivity index (χ0v) is 14.8. The fourth-order valence-corrected chi connectivity index (χ4v) is 3.35. The Morgan fingerprint density at radius 1 is 1.36 bits per heavy atom. The molecule has 134 valence electrons. The highest BCUT2D eigenvalue weighted by Crippen LogP contribution is 2.21. The van der Waals surface area contributed by atoms with E-state index in [0.717, 1.165) is 35.2 Å². The van der Waals surface area contributed by atoms with Crippen molar-refractivity contribution in [3.63, 3.8) is 0 Å². The number of hydrogen-bond acceptors (Lipinski definition) is 4. The standard InChI is InChI=1S/C19H25N3O3/c1-3-20-18(23)13-7-8-22(11-13)12-15-9-14-10-16(25-4-2)5-6-17(14)21-19(15)24/h5-6,9-10,13H,3-4,7-8,11-12H2,1-2H3,(H,20,23)(H,21,24)/t13-/m1/s1. The molecule has 1 aliphatic rings. The van der Waals surface area contributed by atoms with Crippen molar-refractivity contribution in [2.45, 2.75) is 26.8 Å². The zero-order valence-electron chi connectivity index (χ0n) is 14.8. The Morgan fingerprint density at radius 2 is 2.20 bits per heavy atom. The van der Waals surface area contributed by atoms with E-state index in [0.29, 0.717) is 26.2 Å². The van der Waals surface area contributed by atoms with Crippen LogP contribution in [0.2, 0.25) is 0 Å². The summed E-state index contributed by atoms with van der Waals surface area (Å²) in [5.41, 5.74) is 1.45. The van der Waals surface area contributed by atoms with Crippen LogP contribution >= 0.6 is 0 Å². The molecule has 6 heteroatoms. The molecular weight excluding hydrogens is 318 g/mol. The number of nitrogens with zero attached hydrogens (tertiary/aromatic N) is 1. The summed E-state index contributed by atoms with van der Waals surface area (Å²) in [6.07, 6.45) is 0.839. The van der Waals surface area contributed by atoms with Crippen molar-refractivity contribution < 1.29 is 9.53 Å². The predicted octanol–water partition coefficient (Wildman–Crippen LogP) is 1.88. The van der Waals surface area contributed by atoms with E-state index in [2.05, 4.69) is 15.2 Å². The maximum absolute atomic E-state index is 12.4. The summed E-state index contributed by atoms with van der Waals surface area (Å²) in [4.78, 5) is 29.4. The van der Waals surface area contributed by atoms with Crippen molar-refractivity contribution in [1.82, 2.24) is 15.2 Å². The summed E-state index contributed by atoms with van der Waals surface area (Å²) in [7, 11) is 0. The number of rotatable bonds is 6. The lowest BCUT2D eigenvalue weighted by molar-refractivity contribution is -0.124. The average molecular weight is 343 g/mol. The highest BCUT2D eigenvalue weighted by Gasteiger charge is 2.28. The molecule has 1 aromatic heterocycles. The Kier molecular flexibility index (Phi) is 5.38. The highest BCUT2D eigenvalue weighted by atomic mass is 16.5. The molecule has 0 radical (unpaired) electrons. The third-order valence-electron chi connectivity index (χ3n) is 4.59. The van der Waals surface area contributed by atoms with Gasteiger partial charge in [-0.05, 0) is 51.1 Å². The first kappa shape index (κ1) is 17.5. The number of carbonyl (C=O) groups is 1. The van der Waals surface area contributed by atoms with E-state index in [1.165, 1.54) is 0 Å². The van der Waals surface area contributed by atoms with Crippen molar-refractivity contribution in [3.05, 3.63) is 40.2 Å². The second kappa shape index (κ2) is 7.70. The molecule has 2 N–H and O–H groups in total. The molecule has 0 saturated carbocycles. The van der Waals surface area contributed by atoms with Crippen molar-refractivity contribution in [2.75, 3.05) is 26.2 Å². The molecule has 2 heterocycles. The Morgan fingerprint density at radius 3 is 2.96 bits per heavy atom.